The number of aliphatic hydroxyl groups is 1. The first-order chi connectivity index (χ1) is 17.7. The summed E-state index contributed by atoms with van der Waals surface area (Å²) in [6.45, 7) is 8.07. The van der Waals surface area contributed by atoms with Crippen LogP contribution >= 0.6 is 11.3 Å². The SMILES string of the molecule is Cc1cc(Nc2nccc(C(F)(F)F)n2)cc(-c2cnc([C@]3(O)CCCN(C(=O)O)C(C(C)(C)C)C3)s2)c1. The zero-order chi connectivity index (χ0) is 27.9. The van der Waals surface area contributed by atoms with Crippen LogP contribution in [0, 0.1) is 12.3 Å². The van der Waals surface area contributed by atoms with E-state index in [-0.39, 0.29) is 17.8 Å². The average Bonchev–Trinajstić information content (AvgIpc) is 3.23. The van der Waals surface area contributed by atoms with Gasteiger partial charge < -0.3 is 20.4 Å². The van der Waals surface area contributed by atoms with Crippen LogP contribution in [0.2, 0.25) is 0 Å². The molecule has 0 saturated carbocycles. The largest absolute Gasteiger partial charge is 0.465 e. The molecule has 12 heteroatoms. The molecule has 3 heterocycles. The third-order valence-corrected chi connectivity index (χ3v) is 7.85. The lowest BCUT2D eigenvalue weighted by Crippen LogP contribution is -2.48. The molecule has 1 aliphatic heterocycles. The molecule has 0 bridgehead atoms. The second-order valence-corrected chi connectivity index (χ2v) is 11.7. The number of amides is 1. The minimum atomic E-state index is -4.58. The van der Waals surface area contributed by atoms with Gasteiger partial charge >= 0.3 is 12.3 Å². The van der Waals surface area contributed by atoms with Crippen molar-refractivity contribution in [1.82, 2.24) is 19.9 Å². The number of rotatable bonds is 4. The number of benzene rings is 1. The summed E-state index contributed by atoms with van der Waals surface area (Å²) in [5.41, 5.74) is -0.597. The van der Waals surface area contributed by atoms with Crippen LogP contribution in [0.1, 0.15) is 56.3 Å². The number of anilines is 2. The summed E-state index contributed by atoms with van der Waals surface area (Å²) in [5, 5.41) is 24.8. The van der Waals surface area contributed by atoms with Gasteiger partial charge in [-0.1, -0.05) is 26.8 Å². The maximum Gasteiger partial charge on any atom is 0.433 e. The first-order valence-corrected chi connectivity index (χ1v) is 12.9. The molecule has 0 spiro atoms. The molecule has 1 aliphatic rings. The molecule has 3 N–H and O–H groups in total. The van der Waals surface area contributed by atoms with E-state index in [0.29, 0.717) is 30.1 Å². The van der Waals surface area contributed by atoms with E-state index in [1.165, 1.54) is 16.2 Å². The zero-order valence-electron chi connectivity index (χ0n) is 21.5. The highest BCUT2D eigenvalue weighted by Crippen LogP contribution is 2.44. The lowest BCUT2D eigenvalue weighted by atomic mass is 9.79. The molecule has 2 aromatic heterocycles. The van der Waals surface area contributed by atoms with E-state index >= 15 is 0 Å². The van der Waals surface area contributed by atoms with Crippen molar-refractivity contribution in [3.63, 3.8) is 0 Å². The highest BCUT2D eigenvalue weighted by molar-refractivity contribution is 7.15. The van der Waals surface area contributed by atoms with Gasteiger partial charge in [0, 0.05) is 37.1 Å². The number of alkyl halides is 3. The molecule has 4 rings (SSSR count). The van der Waals surface area contributed by atoms with Crippen LogP contribution in [0.4, 0.5) is 29.6 Å². The number of thiazole rings is 1. The van der Waals surface area contributed by atoms with Gasteiger partial charge in [-0.15, -0.1) is 11.3 Å². The van der Waals surface area contributed by atoms with Crippen molar-refractivity contribution in [2.45, 2.75) is 64.8 Å². The van der Waals surface area contributed by atoms with Crippen LogP contribution in [-0.2, 0) is 11.8 Å². The molecule has 0 aliphatic carbocycles. The van der Waals surface area contributed by atoms with E-state index in [1.807, 2.05) is 33.8 Å². The van der Waals surface area contributed by atoms with Crippen LogP contribution in [0.3, 0.4) is 0 Å². The molecule has 3 aromatic rings. The number of nitrogens with zero attached hydrogens (tertiary/aromatic N) is 4. The summed E-state index contributed by atoms with van der Waals surface area (Å²) < 4.78 is 39.1. The molecular weight excluding hydrogens is 519 g/mol. The van der Waals surface area contributed by atoms with E-state index in [4.69, 9.17) is 0 Å². The molecule has 204 valence electrons. The van der Waals surface area contributed by atoms with Gasteiger partial charge in [-0.3, -0.25) is 0 Å². The predicted molar refractivity (Wildman–Crippen MR) is 138 cm³/mol. The third-order valence-electron chi connectivity index (χ3n) is 6.61. The summed E-state index contributed by atoms with van der Waals surface area (Å²) in [4.78, 5) is 26.1. The van der Waals surface area contributed by atoms with E-state index in [1.54, 1.807) is 18.3 Å². The second-order valence-electron chi connectivity index (χ2n) is 10.7. The fourth-order valence-electron chi connectivity index (χ4n) is 4.75. The Morgan fingerprint density at radius 1 is 1.21 bits per heavy atom. The monoisotopic (exact) mass is 549 g/mol. The molecule has 0 radical (unpaired) electrons. The molecule has 1 saturated heterocycles. The van der Waals surface area contributed by atoms with Crippen molar-refractivity contribution in [2.75, 3.05) is 11.9 Å². The molecule has 1 fully saturated rings. The maximum absolute atomic E-state index is 13.0. The molecule has 1 amide bonds. The lowest BCUT2D eigenvalue weighted by molar-refractivity contribution is -0.141. The van der Waals surface area contributed by atoms with Gasteiger partial charge in [-0.2, -0.15) is 13.2 Å². The van der Waals surface area contributed by atoms with Crippen molar-refractivity contribution < 1.29 is 28.2 Å². The Morgan fingerprint density at radius 2 is 1.95 bits per heavy atom. The summed E-state index contributed by atoms with van der Waals surface area (Å²) in [6.07, 6.45) is -1.77. The van der Waals surface area contributed by atoms with Crippen LogP contribution in [-0.4, -0.2) is 48.7 Å². The second kappa shape index (κ2) is 10.1. The van der Waals surface area contributed by atoms with Crippen molar-refractivity contribution in [1.29, 1.82) is 0 Å². The number of aryl methyl sites for hydroxylation is 1. The molecule has 2 atom stereocenters. The van der Waals surface area contributed by atoms with Crippen molar-refractivity contribution in [3.05, 3.63) is 52.9 Å². The van der Waals surface area contributed by atoms with Crippen molar-refractivity contribution >= 4 is 29.1 Å². The van der Waals surface area contributed by atoms with Gasteiger partial charge in [-0.25, -0.2) is 19.7 Å². The number of carbonyl (C=O) groups is 1. The van der Waals surface area contributed by atoms with Gasteiger partial charge in [0.1, 0.15) is 16.3 Å². The third kappa shape index (κ3) is 6.07. The van der Waals surface area contributed by atoms with E-state index in [9.17, 15) is 28.2 Å². The molecule has 38 heavy (non-hydrogen) atoms. The van der Waals surface area contributed by atoms with Gasteiger partial charge in [-0.05, 0) is 54.5 Å². The lowest BCUT2D eigenvalue weighted by Gasteiger charge is -2.40. The maximum atomic E-state index is 13.0. The smallest absolute Gasteiger partial charge is 0.433 e. The normalized spacial score (nSPS) is 20.7. The van der Waals surface area contributed by atoms with Crippen molar-refractivity contribution in [2.24, 2.45) is 5.41 Å². The number of hydrogen-bond donors (Lipinski definition) is 3. The Hall–Kier alpha value is -3.25. The summed E-state index contributed by atoms with van der Waals surface area (Å²) in [5.74, 6) is -0.176. The van der Waals surface area contributed by atoms with Crippen LogP contribution in [0.25, 0.3) is 10.4 Å². The number of aromatic nitrogens is 3. The van der Waals surface area contributed by atoms with Crippen LogP contribution < -0.4 is 5.32 Å². The first kappa shape index (κ1) is 27.8. The van der Waals surface area contributed by atoms with Crippen LogP contribution in [0.5, 0.6) is 0 Å². The number of hydrogen-bond acceptors (Lipinski definition) is 7. The Balaban J connectivity index is 1.62. The quantitative estimate of drug-likeness (QED) is 0.344. The Kier molecular flexibility index (Phi) is 7.41. The highest BCUT2D eigenvalue weighted by Gasteiger charge is 2.45. The minimum absolute atomic E-state index is 0.176. The van der Waals surface area contributed by atoms with Gasteiger partial charge in [0.25, 0.3) is 0 Å². The summed E-state index contributed by atoms with van der Waals surface area (Å²) >= 11 is 1.32. The van der Waals surface area contributed by atoms with Gasteiger partial charge in [0.2, 0.25) is 5.95 Å². The average molecular weight is 550 g/mol. The Bertz CT molecular complexity index is 1320. The summed E-state index contributed by atoms with van der Waals surface area (Å²) in [7, 11) is 0. The van der Waals surface area contributed by atoms with E-state index in [0.717, 1.165) is 28.3 Å². The summed E-state index contributed by atoms with van der Waals surface area (Å²) in [6, 6.07) is 5.85. The van der Waals surface area contributed by atoms with E-state index < -0.39 is 29.6 Å². The number of likely N-dealkylation sites (tertiary alicyclic amines) is 1. The topological polar surface area (TPSA) is 111 Å². The van der Waals surface area contributed by atoms with Crippen molar-refractivity contribution in [3.8, 4) is 10.4 Å². The Labute approximate surface area is 222 Å². The fourth-order valence-corrected chi connectivity index (χ4v) is 5.78. The first-order valence-electron chi connectivity index (χ1n) is 12.1. The molecule has 8 nitrogen and oxygen atoms in total. The van der Waals surface area contributed by atoms with Gasteiger partial charge in [0.05, 0.1) is 4.88 Å². The number of halogens is 3. The Morgan fingerprint density at radius 3 is 2.61 bits per heavy atom. The van der Waals surface area contributed by atoms with Crippen LogP contribution in [0.15, 0.2) is 36.7 Å². The van der Waals surface area contributed by atoms with Gasteiger partial charge in [0.15, 0.2) is 0 Å². The molecular formula is C26H30F3N5O3S. The molecule has 1 aromatic carbocycles. The standard InChI is InChI=1S/C26H30F3N5O3S/c1-15-10-16(12-17(11-15)32-22-30-8-6-19(33-22)26(27,28)29)18-14-31-21(38-18)25(37)7-5-9-34(23(35)36)20(13-25)24(2,3)4/h6,8,10-12,14,20,37H,5,7,9,13H2,1-4H3,(H,35,36)(H,30,32,33)/t20?,25-/m0/s1. The number of nitrogens with one attached hydrogen (secondary N) is 1. The minimum Gasteiger partial charge on any atom is -0.465 e. The number of carboxylic acid groups (broad SMARTS) is 1. The van der Waals surface area contributed by atoms with E-state index in [2.05, 4.69) is 20.3 Å². The fraction of sp³-hybridized carbons (Fsp3) is 0.462. The highest BCUT2D eigenvalue weighted by atomic mass is 32.1. The predicted octanol–water partition coefficient (Wildman–Crippen LogP) is 6.44. The molecule has 1 unspecified atom stereocenters. The zero-order valence-corrected chi connectivity index (χ0v) is 22.3.